The number of aliphatic carboxylic acids is 1. The molecule has 0 aliphatic rings. The predicted octanol–water partition coefficient (Wildman–Crippen LogP) is 12.7. The first-order chi connectivity index (χ1) is 27.6. The Bertz CT molecular complexity index is 984. The number of esters is 2. The number of hydrogen-bond donors (Lipinski definition) is 3. The second-order valence-corrected chi connectivity index (χ2v) is 17.7. The molecule has 0 aromatic carbocycles. The number of nitrogens with two attached hydrogens (primary N) is 1. The van der Waals surface area contributed by atoms with Crippen LogP contribution >= 0.6 is 7.82 Å². The molecule has 11 nitrogen and oxygen atoms in total. The first-order valence-electron chi connectivity index (χ1n) is 23.6. The minimum Gasteiger partial charge on any atom is -0.480 e. The molecule has 0 amide bonds. The molecule has 0 bridgehead atoms. The molecule has 0 aliphatic heterocycles. The van der Waals surface area contributed by atoms with E-state index in [-0.39, 0.29) is 19.4 Å². The normalized spacial score (nSPS) is 13.6. The summed E-state index contributed by atoms with van der Waals surface area (Å²) in [5.41, 5.74) is 5.34. The molecular formula is C45H88NO10P. The molecule has 0 fully saturated rings. The van der Waals surface area contributed by atoms with Crippen LogP contribution in [0.3, 0.4) is 0 Å². The first-order valence-corrected chi connectivity index (χ1v) is 25.1. The van der Waals surface area contributed by atoms with Crippen LogP contribution in [0.5, 0.6) is 0 Å². The van der Waals surface area contributed by atoms with Gasteiger partial charge in [0.25, 0.3) is 0 Å². The molecule has 1 unspecified atom stereocenters. The van der Waals surface area contributed by atoms with E-state index in [1.54, 1.807) is 0 Å². The quantitative estimate of drug-likeness (QED) is 0.0303. The van der Waals surface area contributed by atoms with E-state index in [2.05, 4.69) is 18.4 Å². The molecule has 0 aliphatic carbocycles. The summed E-state index contributed by atoms with van der Waals surface area (Å²) >= 11 is 0. The van der Waals surface area contributed by atoms with Gasteiger partial charge in [-0.1, -0.05) is 213 Å². The van der Waals surface area contributed by atoms with Crippen molar-refractivity contribution in [2.45, 2.75) is 251 Å². The smallest absolute Gasteiger partial charge is 0.472 e. The maximum atomic E-state index is 12.6. The lowest BCUT2D eigenvalue weighted by atomic mass is 10.0. The Hall–Kier alpha value is -1.52. The summed E-state index contributed by atoms with van der Waals surface area (Å²) in [7, 11) is -4.71. The number of phosphoric acid groups is 1. The maximum absolute atomic E-state index is 12.6. The number of hydrogen-bond acceptors (Lipinski definition) is 9. The minimum absolute atomic E-state index is 0.170. The third-order valence-corrected chi connectivity index (χ3v) is 11.6. The summed E-state index contributed by atoms with van der Waals surface area (Å²) in [5, 5.41) is 8.89. The first kappa shape index (κ1) is 55.5. The molecule has 0 aromatic rings. The summed E-state index contributed by atoms with van der Waals surface area (Å²) in [6.07, 6.45) is 40.3. The molecule has 338 valence electrons. The fraction of sp³-hybridized carbons (Fsp3) is 0.933. The van der Waals surface area contributed by atoms with Gasteiger partial charge in [-0.2, -0.15) is 0 Å². The summed E-state index contributed by atoms with van der Waals surface area (Å²) < 4.78 is 32.7. The van der Waals surface area contributed by atoms with Crippen LogP contribution in [0, 0.1) is 0 Å². The van der Waals surface area contributed by atoms with Gasteiger partial charge in [0.05, 0.1) is 13.2 Å². The van der Waals surface area contributed by atoms with Crippen LogP contribution in [-0.2, 0) is 37.5 Å². The molecule has 3 atom stereocenters. The Balaban J connectivity index is 4.18. The number of rotatable bonds is 45. The Morgan fingerprint density at radius 3 is 1.11 bits per heavy atom. The third-order valence-electron chi connectivity index (χ3n) is 10.6. The fourth-order valence-electron chi connectivity index (χ4n) is 6.89. The van der Waals surface area contributed by atoms with Gasteiger partial charge in [0.2, 0.25) is 0 Å². The maximum Gasteiger partial charge on any atom is 0.472 e. The van der Waals surface area contributed by atoms with Crippen molar-refractivity contribution in [3.05, 3.63) is 0 Å². The third kappa shape index (κ3) is 41.0. The van der Waals surface area contributed by atoms with Crippen LogP contribution in [0.15, 0.2) is 0 Å². The van der Waals surface area contributed by atoms with Crippen molar-refractivity contribution in [2.24, 2.45) is 5.73 Å². The molecule has 0 heterocycles. The van der Waals surface area contributed by atoms with Crippen molar-refractivity contribution in [1.29, 1.82) is 0 Å². The number of unbranched alkanes of at least 4 members (excludes halogenated alkanes) is 31. The Kier molecular flexibility index (Phi) is 40.1. The van der Waals surface area contributed by atoms with Gasteiger partial charge in [-0.3, -0.25) is 23.4 Å². The Morgan fingerprint density at radius 1 is 0.474 bits per heavy atom. The van der Waals surface area contributed by atoms with Gasteiger partial charge in [0.15, 0.2) is 6.10 Å². The van der Waals surface area contributed by atoms with Crippen LogP contribution in [0.25, 0.3) is 0 Å². The summed E-state index contributed by atoms with van der Waals surface area (Å²) in [4.78, 5) is 45.9. The molecule has 57 heavy (non-hydrogen) atoms. The monoisotopic (exact) mass is 834 g/mol. The van der Waals surface area contributed by atoms with E-state index in [0.717, 1.165) is 38.5 Å². The zero-order valence-corrected chi connectivity index (χ0v) is 37.6. The highest BCUT2D eigenvalue weighted by Crippen LogP contribution is 2.43. The van der Waals surface area contributed by atoms with Crippen LogP contribution in [0.1, 0.15) is 239 Å². The van der Waals surface area contributed by atoms with E-state index in [9.17, 15) is 23.8 Å². The lowest BCUT2D eigenvalue weighted by Crippen LogP contribution is -2.34. The predicted molar refractivity (Wildman–Crippen MR) is 231 cm³/mol. The number of carbonyl (C=O) groups excluding carboxylic acids is 2. The van der Waals surface area contributed by atoms with Gasteiger partial charge in [0.1, 0.15) is 12.6 Å². The highest BCUT2D eigenvalue weighted by molar-refractivity contribution is 7.47. The van der Waals surface area contributed by atoms with Crippen LogP contribution < -0.4 is 5.73 Å². The average Bonchev–Trinajstić information content (AvgIpc) is 3.19. The number of carboxylic acids is 1. The fourth-order valence-corrected chi connectivity index (χ4v) is 7.67. The van der Waals surface area contributed by atoms with Gasteiger partial charge >= 0.3 is 25.7 Å². The SMILES string of the molecule is CCCCCCCCCCCCCCCCCCCCCCCCC(=O)O[C@@H](COC(=O)CCCCCCCCCCCCC)COP(=O)(O)OC[C@H](N)C(=O)O. The van der Waals surface area contributed by atoms with Crippen molar-refractivity contribution in [3.63, 3.8) is 0 Å². The second kappa shape index (κ2) is 41.2. The lowest BCUT2D eigenvalue weighted by molar-refractivity contribution is -0.161. The van der Waals surface area contributed by atoms with E-state index in [4.69, 9.17) is 24.8 Å². The molecule has 0 aromatic heterocycles. The van der Waals surface area contributed by atoms with Crippen molar-refractivity contribution >= 4 is 25.7 Å². The van der Waals surface area contributed by atoms with E-state index < -0.39 is 51.1 Å². The van der Waals surface area contributed by atoms with Gasteiger partial charge < -0.3 is 25.2 Å². The van der Waals surface area contributed by atoms with Crippen LogP contribution in [-0.4, -0.2) is 59.9 Å². The van der Waals surface area contributed by atoms with E-state index in [1.165, 1.54) is 161 Å². The van der Waals surface area contributed by atoms with Crippen molar-refractivity contribution in [3.8, 4) is 0 Å². The summed E-state index contributed by atoms with van der Waals surface area (Å²) in [6.45, 7) is 2.83. The molecule has 0 radical (unpaired) electrons. The largest absolute Gasteiger partial charge is 0.480 e. The minimum atomic E-state index is -4.71. The summed E-state index contributed by atoms with van der Waals surface area (Å²) in [5.74, 6) is -2.36. The number of phosphoric ester groups is 1. The Labute approximate surface area is 348 Å². The number of carbonyl (C=O) groups is 3. The lowest BCUT2D eigenvalue weighted by Gasteiger charge is -2.20. The molecule has 0 spiro atoms. The number of ether oxygens (including phenoxy) is 2. The highest BCUT2D eigenvalue weighted by Gasteiger charge is 2.28. The van der Waals surface area contributed by atoms with E-state index >= 15 is 0 Å². The van der Waals surface area contributed by atoms with Crippen LogP contribution in [0.4, 0.5) is 0 Å². The zero-order valence-electron chi connectivity index (χ0n) is 36.7. The molecule has 0 saturated carbocycles. The van der Waals surface area contributed by atoms with Gasteiger partial charge in [-0.15, -0.1) is 0 Å². The molecular weight excluding hydrogens is 745 g/mol. The average molecular weight is 834 g/mol. The standard InChI is InChI=1S/C45H88NO10P/c1-3-5-7-9-11-13-15-16-17-18-19-20-21-22-23-24-25-27-29-31-33-35-37-44(48)56-41(39-54-57(51,52)55-40-42(46)45(49)50)38-53-43(47)36-34-32-30-28-26-14-12-10-8-6-4-2/h41-42H,3-40,46H2,1-2H3,(H,49,50)(H,51,52)/t41-,42-/m0/s1. The molecule has 0 rings (SSSR count). The van der Waals surface area contributed by atoms with Gasteiger partial charge in [-0.05, 0) is 12.8 Å². The van der Waals surface area contributed by atoms with E-state index in [0.29, 0.717) is 12.8 Å². The number of carboxylic acid groups (broad SMARTS) is 1. The van der Waals surface area contributed by atoms with Crippen molar-refractivity contribution < 1.29 is 47.5 Å². The Morgan fingerprint density at radius 2 is 0.772 bits per heavy atom. The van der Waals surface area contributed by atoms with Crippen molar-refractivity contribution in [1.82, 2.24) is 0 Å². The zero-order chi connectivity index (χ0) is 42.1. The topological polar surface area (TPSA) is 172 Å². The molecule has 4 N–H and O–H groups in total. The molecule has 0 saturated heterocycles. The highest BCUT2D eigenvalue weighted by atomic mass is 31.2. The second-order valence-electron chi connectivity index (χ2n) is 16.3. The van der Waals surface area contributed by atoms with Gasteiger partial charge in [-0.25, -0.2) is 4.57 Å². The molecule has 12 heteroatoms. The summed E-state index contributed by atoms with van der Waals surface area (Å²) in [6, 6.07) is -1.52. The van der Waals surface area contributed by atoms with Crippen LogP contribution in [0.2, 0.25) is 0 Å². The van der Waals surface area contributed by atoms with Gasteiger partial charge in [0, 0.05) is 12.8 Å². The van der Waals surface area contributed by atoms with E-state index in [1.807, 2.05) is 0 Å². The van der Waals surface area contributed by atoms with Crippen molar-refractivity contribution in [2.75, 3.05) is 19.8 Å².